The fraction of sp³-hybridized carbons (Fsp3) is 0.562. The van der Waals surface area contributed by atoms with E-state index in [-0.39, 0.29) is 5.91 Å². The van der Waals surface area contributed by atoms with Crippen LogP contribution in [0.25, 0.3) is 0 Å². The van der Waals surface area contributed by atoms with Gasteiger partial charge < -0.3 is 14.8 Å². The number of benzene rings is 1. The Bertz CT molecular complexity index is 494. The van der Waals surface area contributed by atoms with Gasteiger partial charge >= 0.3 is 0 Å². The van der Waals surface area contributed by atoms with Crippen LogP contribution in [0.2, 0.25) is 0 Å². The van der Waals surface area contributed by atoms with E-state index < -0.39 is 0 Å². The van der Waals surface area contributed by atoms with Crippen LogP contribution >= 0.6 is 0 Å². The third-order valence-electron chi connectivity index (χ3n) is 4.69. The molecule has 3 rings (SSSR count). The molecule has 1 heterocycles. The van der Waals surface area contributed by atoms with Crippen molar-refractivity contribution in [2.75, 3.05) is 26.9 Å². The topological polar surface area (TPSA) is 47.6 Å². The highest BCUT2D eigenvalue weighted by Crippen LogP contribution is 2.58. The largest absolute Gasteiger partial charge is 0.497 e. The maximum absolute atomic E-state index is 12.1. The van der Waals surface area contributed by atoms with Gasteiger partial charge in [0.05, 0.1) is 7.11 Å². The fourth-order valence-corrected chi connectivity index (χ4v) is 3.19. The summed E-state index contributed by atoms with van der Waals surface area (Å²) in [6.07, 6.45) is 3.52. The van der Waals surface area contributed by atoms with E-state index >= 15 is 0 Å². The molecular formula is C16H21NO3. The van der Waals surface area contributed by atoms with Crippen LogP contribution in [0.4, 0.5) is 0 Å². The first kappa shape index (κ1) is 13.4. The normalized spacial score (nSPS) is 23.4. The van der Waals surface area contributed by atoms with Crippen LogP contribution in [0.3, 0.4) is 0 Å². The van der Waals surface area contributed by atoms with Gasteiger partial charge in [0.2, 0.25) is 0 Å². The van der Waals surface area contributed by atoms with Crippen molar-refractivity contribution in [3.63, 3.8) is 0 Å². The Balaban J connectivity index is 1.52. The lowest BCUT2D eigenvalue weighted by atomic mass is 9.94. The van der Waals surface area contributed by atoms with E-state index in [1.54, 1.807) is 13.2 Å². The molecule has 108 valence electrons. The van der Waals surface area contributed by atoms with E-state index in [1.165, 1.54) is 6.42 Å². The first-order valence-corrected chi connectivity index (χ1v) is 7.23. The third-order valence-corrected chi connectivity index (χ3v) is 4.69. The molecule has 1 saturated heterocycles. The summed E-state index contributed by atoms with van der Waals surface area (Å²) < 4.78 is 10.6. The van der Waals surface area contributed by atoms with Gasteiger partial charge in [-0.2, -0.15) is 0 Å². The Labute approximate surface area is 119 Å². The number of ether oxygens (including phenoxy) is 2. The highest BCUT2D eigenvalue weighted by atomic mass is 16.5. The summed E-state index contributed by atoms with van der Waals surface area (Å²) in [6, 6.07) is 7.26. The summed E-state index contributed by atoms with van der Waals surface area (Å²) in [7, 11) is 1.61. The van der Waals surface area contributed by atoms with E-state index in [1.807, 2.05) is 18.2 Å². The summed E-state index contributed by atoms with van der Waals surface area (Å²) in [5, 5.41) is 3.05. The minimum Gasteiger partial charge on any atom is -0.497 e. The molecule has 1 aliphatic heterocycles. The average Bonchev–Trinajstić information content (AvgIpc) is 3.17. The lowest BCUT2D eigenvalue weighted by molar-refractivity contribution is 0.0519. The summed E-state index contributed by atoms with van der Waals surface area (Å²) >= 11 is 0. The monoisotopic (exact) mass is 275 g/mol. The minimum absolute atomic E-state index is 0.0157. The Morgan fingerprint density at radius 3 is 3.00 bits per heavy atom. The molecule has 1 N–H and O–H groups in total. The van der Waals surface area contributed by atoms with Crippen molar-refractivity contribution >= 4 is 5.91 Å². The molecular weight excluding hydrogens is 254 g/mol. The van der Waals surface area contributed by atoms with Crippen molar-refractivity contribution in [1.82, 2.24) is 5.32 Å². The molecule has 1 unspecified atom stereocenters. The SMILES string of the molecule is COc1cccc(C(=O)NCC2CC23CCOCC3)c1. The predicted molar refractivity (Wildman–Crippen MR) is 75.9 cm³/mol. The maximum atomic E-state index is 12.1. The van der Waals surface area contributed by atoms with Crippen LogP contribution in [0, 0.1) is 11.3 Å². The van der Waals surface area contributed by atoms with Gasteiger partial charge in [-0.3, -0.25) is 4.79 Å². The van der Waals surface area contributed by atoms with Crippen molar-refractivity contribution in [3.8, 4) is 5.75 Å². The second kappa shape index (κ2) is 5.44. The molecule has 1 aliphatic carbocycles. The molecule has 20 heavy (non-hydrogen) atoms. The van der Waals surface area contributed by atoms with Crippen LogP contribution in [-0.2, 0) is 4.74 Å². The van der Waals surface area contributed by atoms with Gasteiger partial charge in [0.25, 0.3) is 5.91 Å². The summed E-state index contributed by atoms with van der Waals surface area (Å²) in [5.41, 5.74) is 1.12. The molecule has 1 saturated carbocycles. The highest BCUT2D eigenvalue weighted by molar-refractivity contribution is 5.94. The average molecular weight is 275 g/mol. The Kier molecular flexibility index (Phi) is 3.66. The number of methoxy groups -OCH3 is 1. The zero-order valence-electron chi connectivity index (χ0n) is 11.9. The van der Waals surface area contributed by atoms with Gasteiger partial charge in [0.1, 0.15) is 5.75 Å². The quantitative estimate of drug-likeness (QED) is 0.916. The molecule has 1 aromatic rings. The van der Waals surface area contributed by atoms with Crippen LogP contribution in [-0.4, -0.2) is 32.8 Å². The summed E-state index contributed by atoms with van der Waals surface area (Å²) in [5.74, 6) is 1.32. The zero-order chi connectivity index (χ0) is 14.0. The van der Waals surface area contributed by atoms with Crippen molar-refractivity contribution in [2.24, 2.45) is 11.3 Å². The first-order valence-electron chi connectivity index (χ1n) is 7.23. The maximum Gasteiger partial charge on any atom is 0.251 e. The molecule has 1 amide bonds. The predicted octanol–water partition coefficient (Wildman–Crippen LogP) is 2.24. The molecule has 1 spiro atoms. The molecule has 1 atom stereocenters. The summed E-state index contributed by atoms with van der Waals surface area (Å²) in [4.78, 5) is 12.1. The van der Waals surface area contributed by atoms with Gasteiger partial charge in [-0.1, -0.05) is 6.07 Å². The van der Waals surface area contributed by atoms with Gasteiger partial charge in [-0.25, -0.2) is 0 Å². The zero-order valence-corrected chi connectivity index (χ0v) is 11.9. The number of rotatable bonds is 4. The van der Waals surface area contributed by atoms with Crippen molar-refractivity contribution in [2.45, 2.75) is 19.3 Å². The van der Waals surface area contributed by atoms with Crippen LogP contribution in [0.1, 0.15) is 29.6 Å². The number of amides is 1. The Hall–Kier alpha value is -1.55. The number of nitrogens with one attached hydrogen (secondary N) is 1. The van der Waals surface area contributed by atoms with E-state index in [2.05, 4.69) is 5.32 Å². The molecule has 4 nitrogen and oxygen atoms in total. The second-order valence-corrected chi connectivity index (χ2v) is 5.82. The van der Waals surface area contributed by atoms with Crippen molar-refractivity contribution in [3.05, 3.63) is 29.8 Å². The highest BCUT2D eigenvalue weighted by Gasteiger charge is 2.53. The van der Waals surface area contributed by atoms with Crippen LogP contribution in [0.15, 0.2) is 24.3 Å². The molecule has 4 heteroatoms. The first-order chi connectivity index (χ1) is 9.73. The lowest BCUT2D eigenvalue weighted by Crippen LogP contribution is -2.28. The Morgan fingerprint density at radius 2 is 2.25 bits per heavy atom. The van der Waals surface area contributed by atoms with Gasteiger partial charge in [-0.15, -0.1) is 0 Å². The molecule has 2 fully saturated rings. The van der Waals surface area contributed by atoms with Crippen LogP contribution in [0.5, 0.6) is 5.75 Å². The van der Waals surface area contributed by atoms with Crippen molar-refractivity contribution < 1.29 is 14.3 Å². The van der Waals surface area contributed by atoms with Crippen molar-refractivity contribution in [1.29, 1.82) is 0 Å². The van der Waals surface area contributed by atoms with Crippen LogP contribution < -0.4 is 10.1 Å². The van der Waals surface area contributed by atoms with Gasteiger partial charge in [-0.05, 0) is 48.8 Å². The smallest absolute Gasteiger partial charge is 0.251 e. The van der Waals surface area contributed by atoms with Gasteiger partial charge in [0.15, 0.2) is 0 Å². The molecule has 0 radical (unpaired) electrons. The molecule has 0 aromatic heterocycles. The molecule has 2 aliphatic rings. The molecule has 0 bridgehead atoms. The fourth-order valence-electron chi connectivity index (χ4n) is 3.19. The summed E-state index contributed by atoms with van der Waals surface area (Å²) in [6.45, 7) is 2.52. The van der Waals surface area contributed by atoms with E-state index in [9.17, 15) is 4.79 Å². The van der Waals surface area contributed by atoms with E-state index in [4.69, 9.17) is 9.47 Å². The molecule has 1 aromatic carbocycles. The van der Waals surface area contributed by atoms with Gasteiger partial charge in [0, 0.05) is 25.3 Å². The van der Waals surface area contributed by atoms with E-state index in [0.717, 1.165) is 32.6 Å². The van der Waals surface area contributed by atoms with E-state index in [0.29, 0.717) is 22.6 Å². The standard InChI is InChI=1S/C16H21NO3/c1-19-14-4-2-3-12(9-14)15(18)17-11-13-10-16(13)5-7-20-8-6-16/h2-4,9,13H,5-8,10-11H2,1H3,(H,17,18). The second-order valence-electron chi connectivity index (χ2n) is 5.82. The number of carbonyl (C=O) groups excluding carboxylic acids is 1. The Morgan fingerprint density at radius 1 is 1.45 bits per heavy atom. The number of carbonyl (C=O) groups is 1. The number of hydrogen-bond donors (Lipinski definition) is 1. The third kappa shape index (κ3) is 2.66. The lowest BCUT2D eigenvalue weighted by Gasteiger charge is -2.23. The number of hydrogen-bond acceptors (Lipinski definition) is 3. The minimum atomic E-state index is -0.0157.